The van der Waals surface area contributed by atoms with Crippen LogP contribution in [-0.4, -0.2) is 58.9 Å². The van der Waals surface area contributed by atoms with Crippen molar-refractivity contribution in [2.45, 2.75) is 0 Å². The van der Waals surface area contributed by atoms with Crippen molar-refractivity contribution in [1.82, 2.24) is 0 Å². The summed E-state index contributed by atoms with van der Waals surface area (Å²) in [5, 5.41) is 5.68. The van der Waals surface area contributed by atoms with Crippen LogP contribution in [0.2, 0.25) is 0 Å². The van der Waals surface area contributed by atoms with Gasteiger partial charge in [-0.1, -0.05) is 18.2 Å². The fraction of sp³-hybridized carbons (Fsp3) is 0.259. The van der Waals surface area contributed by atoms with E-state index in [2.05, 4.69) is 15.5 Å². The molecule has 1 aliphatic rings. The Labute approximate surface area is 209 Å². The summed E-state index contributed by atoms with van der Waals surface area (Å²) in [6.07, 6.45) is 0. The van der Waals surface area contributed by atoms with Crippen molar-refractivity contribution in [3.8, 4) is 17.2 Å². The van der Waals surface area contributed by atoms with Gasteiger partial charge in [-0.3, -0.25) is 9.59 Å². The number of carbonyl (C=O) groups excluding carboxylic acids is 2. The Balaban J connectivity index is 1.38. The van der Waals surface area contributed by atoms with E-state index < -0.39 is 0 Å². The minimum Gasteiger partial charge on any atom is -0.495 e. The van der Waals surface area contributed by atoms with Crippen LogP contribution < -0.4 is 29.7 Å². The molecule has 0 saturated carbocycles. The largest absolute Gasteiger partial charge is 0.495 e. The fourth-order valence-corrected chi connectivity index (χ4v) is 3.81. The van der Waals surface area contributed by atoms with E-state index >= 15 is 0 Å². The molecule has 188 valence electrons. The first-order chi connectivity index (χ1) is 17.6. The maximum absolute atomic E-state index is 12.9. The highest BCUT2D eigenvalue weighted by molar-refractivity contribution is 6.05. The van der Waals surface area contributed by atoms with Crippen LogP contribution in [0.5, 0.6) is 17.2 Å². The molecular weight excluding hydrogens is 462 g/mol. The minimum absolute atomic E-state index is 0.242. The first-order valence-corrected chi connectivity index (χ1v) is 11.5. The smallest absolute Gasteiger partial charge is 0.262 e. The normalized spacial score (nSPS) is 13.0. The number of amides is 2. The third kappa shape index (κ3) is 6.25. The number of methoxy groups -OCH3 is 2. The molecule has 9 nitrogen and oxygen atoms in total. The molecule has 0 bridgehead atoms. The maximum atomic E-state index is 12.9. The van der Waals surface area contributed by atoms with Gasteiger partial charge in [-0.2, -0.15) is 0 Å². The highest BCUT2D eigenvalue weighted by Crippen LogP contribution is 2.29. The van der Waals surface area contributed by atoms with Gasteiger partial charge >= 0.3 is 0 Å². The van der Waals surface area contributed by atoms with Crippen LogP contribution in [0.15, 0.2) is 66.7 Å². The predicted octanol–water partition coefficient (Wildman–Crippen LogP) is 3.81. The highest BCUT2D eigenvalue weighted by Gasteiger charge is 2.15. The summed E-state index contributed by atoms with van der Waals surface area (Å²) in [5.74, 6) is 0.596. The number of morpholine rings is 1. The number of nitrogens with zero attached hydrogens (tertiary/aromatic N) is 1. The lowest BCUT2D eigenvalue weighted by molar-refractivity contribution is -0.118. The van der Waals surface area contributed by atoms with Gasteiger partial charge in [0.2, 0.25) is 0 Å². The monoisotopic (exact) mass is 491 g/mol. The van der Waals surface area contributed by atoms with Gasteiger partial charge < -0.3 is 34.5 Å². The molecule has 0 aliphatic carbocycles. The lowest BCUT2D eigenvalue weighted by Crippen LogP contribution is -2.36. The third-order valence-electron chi connectivity index (χ3n) is 5.65. The summed E-state index contributed by atoms with van der Waals surface area (Å²) in [5.41, 5.74) is 2.67. The van der Waals surface area contributed by atoms with Crippen LogP contribution in [0.1, 0.15) is 10.4 Å². The van der Waals surface area contributed by atoms with Crippen LogP contribution in [-0.2, 0) is 9.53 Å². The molecule has 36 heavy (non-hydrogen) atoms. The molecule has 1 heterocycles. The molecule has 1 fully saturated rings. The maximum Gasteiger partial charge on any atom is 0.262 e. The summed E-state index contributed by atoms with van der Waals surface area (Å²) >= 11 is 0. The molecule has 4 rings (SSSR count). The minimum atomic E-state index is -0.358. The molecule has 9 heteroatoms. The number of hydrogen-bond donors (Lipinski definition) is 2. The lowest BCUT2D eigenvalue weighted by atomic mass is 10.1. The Bertz CT molecular complexity index is 1210. The average Bonchev–Trinajstić information content (AvgIpc) is 2.92. The number of benzene rings is 3. The quantitative estimate of drug-likeness (QED) is 0.470. The Hall–Kier alpha value is -4.24. The van der Waals surface area contributed by atoms with Crippen LogP contribution in [0.4, 0.5) is 17.1 Å². The first-order valence-electron chi connectivity index (χ1n) is 11.5. The number of para-hydroxylation sites is 2. The first kappa shape index (κ1) is 24.9. The van der Waals surface area contributed by atoms with Gasteiger partial charge in [-0.05, 0) is 48.5 Å². The zero-order chi connectivity index (χ0) is 25.3. The molecule has 0 atom stereocenters. The zero-order valence-corrected chi connectivity index (χ0v) is 20.3. The van der Waals surface area contributed by atoms with Gasteiger partial charge in [0.05, 0.1) is 33.1 Å². The fourth-order valence-electron chi connectivity index (χ4n) is 3.81. The van der Waals surface area contributed by atoms with Crippen molar-refractivity contribution < 1.29 is 28.5 Å². The Morgan fingerprint density at radius 1 is 0.861 bits per heavy atom. The third-order valence-corrected chi connectivity index (χ3v) is 5.65. The van der Waals surface area contributed by atoms with Crippen molar-refractivity contribution in [3.05, 3.63) is 72.3 Å². The van der Waals surface area contributed by atoms with E-state index in [4.69, 9.17) is 18.9 Å². The number of nitrogens with one attached hydrogen (secondary N) is 2. The Morgan fingerprint density at radius 3 is 2.42 bits per heavy atom. The number of anilines is 3. The number of hydrogen-bond acceptors (Lipinski definition) is 7. The van der Waals surface area contributed by atoms with Crippen molar-refractivity contribution in [2.24, 2.45) is 0 Å². The van der Waals surface area contributed by atoms with Gasteiger partial charge in [-0.15, -0.1) is 0 Å². The summed E-state index contributed by atoms with van der Waals surface area (Å²) in [6, 6.07) is 19.6. The second-order valence-electron chi connectivity index (χ2n) is 8.01. The van der Waals surface area contributed by atoms with Gasteiger partial charge in [-0.25, -0.2) is 0 Å². The van der Waals surface area contributed by atoms with Gasteiger partial charge in [0.25, 0.3) is 11.8 Å². The van der Waals surface area contributed by atoms with Crippen LogP contribution in [0.25, 0.3) is 0 Å². The topological polar surface area (TPSA) is 98.4 Å². The molecule has 3 aromatic carbocycles. The number of carbonyl (C=O) groups is 2. The van der Waals surface area contributed by atoms with Crippen LogP contribution in [0.3, 0.4) is 0 Å². The molecule has 2 amide bonds. The highest BCUT2D eigenvalue weighted by atomic mass is 16.5. The van der Waals surface area contributed by atoms with Gasteiger partial charge in [0.15, 0.2) is 18.1 Å². The molecule has 1 aliphatic heterocycles. The predicted molar refractivity (Wildman–Crippen MR) is 138 cm³/mol. The average molecular weight is 492 g/mol. The number of rotatable bonds is 9. The van der Waals surface area contributed by atoms with E-state index in [1.54, 1.807) is 36.4 Å². The zero-order valence-electron chi connectivity index (χ0n) is 20.3. The van der Waals surface area contributed by atoms with Crippen molar-refractivity contribution in [1.29, 1.82) is 0 Å². The van der Waals surface area contributed by atoms with Crippen molar-refractivity contribution >= 4 is 28.9 Å². The molecular formula is C27H29N3O6. The van der Waals surface area contributed by atoms with E-state index in [1.165, 1.54) is 14.2 Å². The summed E-state index contributed by atoms with van der Waals surface area (Å²) < 4.78 is 21.7. The lowest BCUT2D eigenvalue weighted by Gasteiger charge is -2.29. The van der Waals surface area contributed by atoms with E-state index in [9.17, 15) is 9.59 Å². The molecule has 1 saturated heterocycles. The van der Waals surface area contributed by atoms with E-state index in [0.29, 0.717) is 47.4 Å². The van der Waals surface area contributed by atoms with Gasteiger partial charge in [0, 0.05) is 30.0 Å². The Kier molecular flexibility index (Phi) is 8.25. The van der Waals surface area contributed by atoms with Crippen LogP contribution >= 0.6 is 0 Å². The molecule has 0 aromatic heterocycles. The molecule has 0 radical (unpaired) electrons. The number of ether oxygens (including phenoxy) is 4. The summed E-state index contributed by atoms with van der Waals surface area (Å²) in [4.78, 5) is 27.5. The molecule has 2 N–H and O–H groups in total. The standard InChI is InChI=1S/C27H29N3O6/c1-33-23-9-4-3-8-22(23)29-26(31)18-36-24-11-10-19(16-25(24)34-2)27(32)28-20-6-5-7-21(17-20)30-12-14-35-15-13-30/h3-11,16-17H,12-15,18H2,1-2H3,(H,28,32)(H,29,31). The molecule has 3 aromatic rings. The van der Waals surface area contributed by atoms with E-state index in [-0.39, 0.29) is 18.4 Å². The van der Waals surface area contributed by atoms with Crippen molar-refractivity contribution in [3.63, 3.8) is 0 Å². The van der Waals surface area contributed by atoms with Crippen LogP contribution in [0, 0.1) is 0 Å². The van der Waals surface area contributed by atoms with Gasteiger partial charge in [0.1, 0.15) is 5.75 Å². The second-order valence-corrected chi connectivity index (χ2v) is 8.01. The van der Waals surface area contributed by atoms with E-state index in [1.807, 2.05) is 30.3 Å². The molecule has 0 unspecified atom stereocenters. The molecule has 0 spiro atoms. The van der Waals surface area contributed by atoms with E-state index in [0.717, 1.165) is 18.8 Å². The Morgan fingerprint density at radius 2 is 1.64 bits per heavy atom. The summed E-state index contributed by atoms with van der Waals surface area (Å²) in [6.45, 7) is 2.76. The van der Waals surface area contributed by atoms with Crippen molar-refractivity contribution in [2.75, 3.05) is 62.7 Å². The summed E-state index contributed by atoms with van der Waals surface area (Å²) in [7, 11) is 3.01. The second kappa shape index (κ2) is 11.9. The SMILES string of the molecule is COc1ccccc1NC(=O)COc1ccc(C(=O)Nc2cccc(N3CCOCC3)c2)cc1OC.